The van der Waals surface area contributed by atoms with E-state index in [1.54, 1.807) is 18.3 Å². The van der Waals surface area contributed by atoms with E-state index in [0.29, 0.717) is 23.6 Å². The summed E-state index contributed by atoms with van der Waals surface area (Å²) in [4.78, 5) is 33.0. The second kappa shape index (κ2) is 8.42. The highest BCUT2D eigenvalue weighted by atomic mass is 16.5. The van der Waals surface area contributed by atoms with Crippen LogP contribution in [0, 0.1) is 0 Å². The normalized spacial score (nSPS) is 14.0. The van der Waals surface area contributed by atoms with Crippen LogP contribution in [-0.2, 0) is 0 Å². The van der Waals surface area contributed by atoms with E-state index in [2.05, 4.69) is 20.6 Å². The number of hydrogen-bond donors (Lipinski definition) is 2. The molecule has 3 rings (SSSR count). The van der Waals surface area contributed by atoms with E-state index in [-0.39, 0.29) is 23.6 Å². The molecule has 0 unspecified atom stereocenters. The summed E-state index contributed by atoms with van der Waals surface area (Å²) in [5.74, 6) is -0.0525. The monoisotopic (exact) mass is 354 g/mol. The zero-order chi connectivity index (χ0) is 18.4. The molecule has 0 aliphatic heterocycles. The molecule has 2 aromatic heterocycles. The van der Waals surface area contributed by atoms with Gasteiger partial charge in [-0.05, 0) is 31.9 Å². The number of hydrogen-bond acceptors (Lipinski definition) is 5. The first kappa shape index (κ1) is 17.8. The minimum atomic E-state index is -0.351. The van der Waals surface area contributed by atoms with Gasteiger partial charge in [0.2, 0.25) is 0 Å². The zero-order valence-corrected chi connectivity index (χ0v) is 14.7. The summed E-state index contributed by atoms with van der Waals surface area (Å²) in [5.41, 5.74) is 1.07. The van der Waals surface area contributed by atoms with Crippen LogP contribution < -0.4 is 15.4 Å². The van der Waals surface area contributed by atoms with Gasteiger partial charge in [0.05, 0.1) is 12.8 Å². The van der Waals surface area contributed by atoms with E-state index in [4.69, 9.17) is 4.74 Å². The number of nitrogens with zero attached hydrogens (tertiary/aromatic N) is 2. The fourth-order valence-corrected chi connectivity index (χ4v) is 2.98. The third-order valence-corrected chi connectivity index (χ3v) is 4.27. The molecule has 1 fully saturated rings. The molecule has 2 N–H and O–H groups in total. The van der Waals surface area contributed by atoms with Crippen LogP contribution in [0.3, 0.4) is 0 Å². The van der Waals surface area contributed by atoms with Gasteiger partial charge in [0.15, 0.2) is 0 Å². The maximum absolute atomic E-state index is 12.5. The quantitative estimate of drug-likeness (QED) is 0.832. The fourth-order valence-electron chi connectivity index (χ4n) is 2.98. The summed E-state index contributed by atoms with van der Waals surface area (Å²) in [6.45, 7) is 2.34. The zero-order valence-electron chi connectivity index (χ0n) is 14.7. The topological polar surface area (TPSA) is 93.2 Å². The Bertz CT molecular complexity index is 788. The Labute approximate surface area is 152 Å². The summed E-state index contributed by atoms with van der Waals surface area (Å²) in [7, 11) is 0. The number of rotatable bonds is 6. The highest BCUT2D eigenvalue weighted by Gasteiger charge is 2.19. The van der Waals surface area contributed by atoms with Gasteiger partial charge in [0.1, 0.15) is 17.1 Å². The molecule has 0 saturated heterocycles. The van der Waals surface area contributed by atoms with E-state index in [1.807, 2.05) is 6.92 Å². The van der Waals surface area contributed by atoms with Crippen molar-refractivity contribution in [3.63, 3.8) is 0 Å². The first-order valence-electron chi connectivity index (χ1n) is 8.82. The van der Waals surface area contributed by atoms with Crippen LogP contribution in [0.5, 0.6) is 5.75 Å². The lowest BCUT2D eigenvalue weighted by Crippen LogP contribution is -2.33. The number of nitrogens with one attached hydrogen (secondary N) is 2. The molecule has 0 atom stereocenters. The minimum Gasteiger partial charge on any atom is -0.492 e. The average Bonchev–Trinajstić information content (AvgIpc) is 3.16. The van der Waals surface area contributed by atoms with Crippen molar-refractivity contribution in [1.29, 1.82) is 0 Å². The van der Waals surface area contributed by atoms with E-state index < -0.39 is 0 Å². The molecule has 0 spiro atoms. The van der Waals surface area contributed by atoms with E-state index in [9.17, 15) is 9.59 Å². The highest BCUT2D eigenvalue weighted by Crippen LogP contribution is 2.23. The van der Waals surface area contributed by atoms with Crippen LogP contribution in [0.1, 0.15) is 53.5 Å². The molecule has 136 valence electrons. The van der Waals surface area contributed by atoms with Gasteiger partial charge in [-0.25, -0.2) is 0 Å². The predicted octanol–water partition coefficient (Wildman–Crippen LogP) is 2.80. The Kier molecular flexibility index (Phi) is 5.78. The Morgan fingerprint density at radius 1 is 1.19 bits per heavy atom. The summed E-state index contributed by atoms with van der Waals surface area (Å²) >= 11 is 0. The Morgan fingerprint density at radius 3 is 2.77 bits per heavy atom. The van der Waals surface area contributed by atoms with Gasteiger partial charge in [0.25, 0.3) is 11.8 Å². The van der Waals surface area contributed by atoms with Crippen molar-refractivity contribution in [2.75, 3.05) is 11.9 Å². The van der Waals surface area contributed by atoms with Gasteiger partial charge in [-0.2, -0.15) is 0 Å². The molecule has 0 aromatic carbocycles. The predicted molar refractivity (Wildman–Crippen MR) is 97.3 cm³/mol. The molecule has 1 aliphatic rings. The molecule has 2 heterocycles. The molecule has 0 bridgehead atoms. The van der Waals surface area contributed by atoms with E-state index in [1.165, 1.54) is 18.5 Å². The van der Waals surface area contributed by atoms with E-state index >= 15 is 0 Å². The third kappa shape index (κ3) is 4.36. The Morgan fingerprint density at radius 2 is 2.00 bits per heavy atom. The number of pyridine rings is 2. The smallest absolute Gasteiger partial charge is 0.270 e. The molecular weight excluding hydrogens is 332 g/mol. The van der Waals surface area contributed by atoms with E-state index in [0.717, 1.165) is 25.7 Å². The maximum Gasteiger partial charge on any atom is 0.270 e. The lowest BCUT2D eigenvalue weighted by molar-refractivity contribution is 0.0933. The van der Waals surface area contributed by atoms with Gasteiger partial charge >= 0.3 is 0 Å². The van der Waals surface area contributed by atoms with Crippen LogP contribution in [0.25, 0.3) is 0 Å². The first-order chi connectivity index (χ1) is 12.7. The number of carbonyl (C=O) groups is 2. The van der Waals surface area contributed by atoms with Crippen LogP contribution in [-0.4, -0.2) is 34.4 Å². The SMILES string of the molecule is CCOc1ccncc1NC(=O)c1ccnc(C(=O)NC2CCCC2)c1. The van der Waals surface area contributed by atoms with Gasteiger partial charge in [-0.15, -0.1) is 0 Å². The average molecular weight is 354 g/mol. The van der Waals surface area contributed by atoms with Crippen LogP contribution >= 0.6 is 0 Å². The number of anilines is 1. The van der Waals surface area contributed by atoms with Gasteiger partial charge in [-0.1, -0.05) is 12.8 Å². The minimum absolute atomic E-state index is 0.200. The lowest BCUT2D eigenvalue weighted by Gasteiger charge is -2.12. The van der Waals surface area contributed by atoms with Crippen molar-refractivity contribution < 1.29 is 14.3 Å². The van der Waals surface area contributed by atoms with Crippen molar-refractivity contribution in [1.82, 2.24) is 15.3 Å². The molecule has 1 aliphatic carbocycles. The molecular formula is C19H22N4O3. The lowest BCUT2D eigenvalue weighted by atomic mass is 10.2. The highest BCUT2D eigenvalue weighted by molar-refractivity contribution is 6.06. The number of ether oxygens (including phenoxy) is 1. The van der Waals surface area contributed by atoms with Crippen molar-refractivity contribution in [2.24, 2.45) is 0 Å². The molecule has 0 radical (unpaired) electrons. The van der Waals surface area contributed by atoms with Crippen molar-refractivity contribution in [3.05, 3.63) is 48.0 Å². The van der Waals surface area contributed by atoms with Gasteiger partial charge in [-0.3, -0.25) is 19.6 Å². The molecule has 7 nitrogen and oxygen atoms in total. The number of amides is 2. The van der Waals surface area contributed by atoms with Crippen LogP contribution in [0.2, 0.25) is 0 Å². The third-order valence-electron chi connectivity index (χ3n) is 4.27. The Hall–Kier alpha value is -2.96. The summed E-state index contributed by atoms with van der Waals surface area (Å²) < 4.78 is 5.48. The molecule has 1 saturated carbocycles. The van der Waals surface area contributed by atoms with Crippen LogP contribution in [0.4, 0.5) is 5.69 Å². The van der Waals surface area contributed by atoms with Crippen molar-refractivity contribution >= 4 is 17.5 Å². The molecule has 26 heavy (non-hydrogen) atoms. The largest absolute Gasteiger partial charge is 0.492 e. The standard InChI is InChI=1S/C19H22N4O3/c1-2-26-17-8-9-20-12-16(17)23-18(24)13-7-10-21-15(11-13)19(25)22-14-5-3-4-6-14/h7-12,14H,2-6H2,1H3,(H,22,25)(H,23,24). The van der Waals surface area contributed by atoms with Gasteiger partial charge in [0, 0.05) is 30.1 Å². The molecule has 2 aromatic rings. The molecule has 2 amide bonds. The van der Waals surface area contributed by atoms with Crippen molar-refractivity contribution in [2.45, 2.75) is 38.6 Å². The van der Waals surface area contributed by atoms with Crippen molar-refractivity contribution in [3.8, 4) is 5.75 Å². The second-order valence-corrected chi connectivity index (χ2v) is 6.14. The number of carbonyl (C=O) groups excluding carboxylic acids is 2. The number of aromatic nitrogens is 2. The summed E-state index contributed by atoms with van der Waals surface area (Å²) in [6, 6.07) is 4.95. The second-order valence-electron chi connectivity index (χ2n) is 6.14. The van der Waals surface area contributed by atoms with Crippen LogP contribution in [0.15, 0.2) is 36.8 Å². The maximum atomic E-state index is 12.5. The van der Waals surface area contributed by atoms with Gasteiger partial charge < -0.3 is 15.4 Å². The first-order valence-corrected chi connectivity index (χ1v) is 8.82. The summed E-state index contributed by atoms with van der Waals surface area (Å²) in [5, 5.41) is 5.74. The summed E-state index contributed by atoms with van der Waals surface area (Å²) in [6.07, 6.45) is 8.84. The fraction of sp³-hybridized carbons (Fsp3) is 0.368. The molecule has 7 heteroatoms. The Balaban J connectivity index is 1.71.